The Labute approximate surface area is 360 Å². The van der Waals surface area contributed by atoms with E-state index in [4.69, 9.17) is 15.6 Å². The van der Waals surface area contributed by atoms with E-state index in [9.17, 15) is 48.8 Å². The van der Waals surface area contributed by atoms with Gasteiger partial charge in [-0.1, -0.05) is 36.1 Å². The largest absolute Gasteiger partial charge is 0.869 e. The molecule has 0 saturated carbocycles. The number of nitro groups is 1. The summed E-state index contributed by atoms with van der Waals surface area (Å²) in [6, 6.07) is 23.4. The maximum absolute atomic E-state index is 13.5. The average Bonchev–Trinajstić information content (AvgIpc) is 3.22. The van der Waals surface area contributed by atoms with Gasteiger partial charge in [0.2, 0.25) is 5.91 Å². The number of nitrogens with one attached hydrogen (secondary N) is 3. The van der Waals surface area contributed by atoms with Crippen molar-refractivity contribution in [2.45, 2.75) is 45.3 Å². The number of hydrogen-bond acceptors (Lipinski definition) is 11. The minimum atomic E-state index is -1.30. The number of aromatic carboxylic acids is 1. The van der Waals surface area contributed by atoms with Crippen LogP contribution in [0.25, 0.3) is 0 Å². The van der Waals surface area contributed by atoms with Gasteiger partial charge in [-0.3, -0.25) is 38.9 Å². The van der Waals surface area contributed by atoms with Gasteiger partial charge in [-0.2, -0.15) is 0 Å². The SMILES string of the molecule is CC(C)Oc1c(CC(=O)c2ccc(CC(=O)[C@H](CC(N)=O)NC(=O)c3ccc(NC(=O)c4ccc([N+](=O)[O-])cc4)cc3)cc2)ccc(C(=O)Nc2ccc(C(=O)O)cc2)c1[O-].[NH4+].[NH4+]. The van der Waals surface area contributed by atoms with Crippen molar-refractivity contribution in [2.24, 2.45) is 5.73 Å². The zero-order valence-corrected chi connectivity index (χ0v) is 34.6. The van der Waals surface area contributed by atoms with Gasteiger partial charge in [-0.05, 0) is 86.1 Å². The van der Waals surface area contributed by atoms with Gasteiger partial charge in [-0.15, -0.1) is 0 Å². The summed E-state index contributed by atoms with van der Waals surface area (Å²) < 4.78 is 5.77. The highest BCUT2D eigenvalue weighted by atomic mass is 16.6. The Morgan fingerprint density at radius 3 is 1.71 bits per heavy atom. The van der Waals surface area contributed by atoms with E-state index in [2.05, 4.69) is 16.0 Å². The number of quaternary nitrogens is 2. The fourth-order valence-electron chi connectivity index (χ4n) is 5.92. The third-order valence-electron chi connectivity index (χ3n) is 9.03. The highest BCUT2D eigenvalue weighted by Crippen LogP contribution is 2.34. The Kier molecular flexibility index (Phi) is 17.0. The Bertz CT molecular complexity index is 2510. The van der Waals surface area contributed by atoms with Crippen LogP contribution >= 0.6 is 0 Å². The zero-order chi connectivity index (χ0) is 44.4. The van der Waals surface area contributed by atoms with Crippen LogP contribution in [0.3, 0.4) is 0 Å². The molecule has 0 fully saturated rings. The number of benzene rings is 5. The number of carboxylic acid groups (broad SMARTS) is 1. The van der Waals surface area contributed by atoms with E-state index in [0.29, 0.717) is 11.3 Å². The van der Waals surface area contributed by atoms with Crippen LogP contribution in [0.5, 0.6) is 11.5 Å². The number of hydrogen-bond donors (Lipinski definition) is 7. The summed E-state index contributed by atoms with van der Waals surface area (Å²) in [5, 5.41) is 41.1. The van der Waals surface area contributed by atoms with E-state index in [0.717, 1.165) is 0 Å². The second-order valence-electron chi connectivity index (χ2n) is 13.9. The molecule has 328 valence electrons. The minimum Gasteiger partial charge on any atom is -0.869 e. The highest BCUT2D eigenvalue weighted by molar-refractivity contribution is 6.07. The van der Waals surface area contributed by atoms with Crippen LogP contribution in [0.15, 0.2) is 109 Å². The molecule has 4 amide bonds. The van der Waals surface area contributed by atoms with E-state index < -0.39 is 70.4 Å². The third-order valence-corrected chi connectivity index (χ3v) is 9.03. The summed E-state index contributed by atoms with van der Waals surface area (Å²) in [6.45, 7) is 3.35. The van der Waals surface area contributed by atoms with Crippen LogP contribution < -0.4 is 43.8 Å². The summed E-state index contributed by atoms with van der Waals surface area (Å²) in [5.74, 6) is -5.85. The fourth-order valence-corrected chi connectivity index (χ4v) is 5.92. The van der Waals surface area contributed by atoms with Crippen LogP contribution in [0.1, 0.15) is 83.2 Å². The summed E-state index contributed by atoms with van der Waals surface area (Å²) in [4.78, 5) is 98.7. The number of nitrogens with zero attached hydrogens (tertiary/aromatic N) is 1. The Hall–Kier alpha value is -8.29. The lowest BCUT2D eigenvalue weighted by molar-refractivity contribution is -0.384. The molecular formula is C44H46N7O12+. The van der Waals surface area contributed by atoms with Gasteiger partial charge < -0.3 is 48.9 Å². The fraction of sp³-hybridized carbons (Fsp3) is 0.159. The number of carbonyl (C=O) groups is 7. The molecule has 0 bridgehead atoms. The van der Waals surface area contributed by atoms with E-state index in [1.165, 1.54) is 109 Å². The van der Waals surface area contributed by atoms with E-state index in [-0.39, 0.29) is 75.6 Å². The topological polar surface area (TPSA) is 350 Å². The van der Waals surface area contributed by atoms with Crippen molar-refractivity contribution in [2.75, 3.05) is 10.6 Å². The molecule has 5 aromatic rings. The number of nitrogens with two attached hydrogens (primary N) is 1. The van der Waals surface area contributed by atoms with Gasteiger partial charge in [0, 0.05) is 64.2 Å². The molecule has 5 rings (SSSR count). The van der Waals surface area contributed by atoms with Crippen LogP contribution in [0, 0.1) is 10.1 Å². The van der Waals surface area contributed by atoms with Crippen LogP contribution in [0.4, 0.5) is 17.1 Å². The number of ketones is 2. The number of ether oxygens (including phenoxy) is 1. The van der Waals surface area contributed by atoms with Crippen molar-refractivity contribution in [3.8, 4) is 11.5 Å². The highest BCUT2D eigenvalue weighted by Gasteiger charge is 2.24. The number of non-ortho nitro benzene ring substituents is 1. The summed E-state index contributed by atoms with van der Waals surface area (Å²) in [6.07, 6.45) is -1.48. The molecule has 0 spiro atoms. The van der Waals surface area contributed by atoms with Gasteiger partial charge in [-0.25, -0.2) is 4.79 Å². The first-order chi connectivity index (χ1) is 29.0. The van der Waals surface area contributed by atoms with Crippen LogP contribution in [-0.2, 0) is 22.4 Å². The number of anilines is 2. The molecule has 0 aliphatic rings. The Morgan fingerprint density at radius 1 is 0.683 bits per heavy atom. The van der Waals surface area contributed by atoms with Crippen molar-refractivity contribution in [3.05, 3.63) is 158 Å². The predicted molar refractivity (Wildman–Crippen MR) is 231 cm³/mol. The molecule has 0 aliphatic heterocycles. The lowest BCUT2D eigenvalue weighted by atomic mass is 9.97. The van der Waals surface area contributed by atoms with Gasteiger partial charge in [0.15, 0.2) is 11.6 Å². The zero-order valence-electron chi connectivity index (χ0n) is 34.6. The molecule has 19 nitrogen and oxygen atoms in total. The normalized spacial score (nSPS) is 10.8. The molecule has 14 N–H and O–H groups in total. The molecule has 63 heavy (non-hydrogen) atoms. The molecule has 5 aromatic carbocycles. The van der Waals surface area contributed by atoms with E-state index in [1.54, 1.807) is 13.8 Å². The number of amides is 4. The second kappa shape index (κ2) is 21.8. The second-order valence-corrected chi connectivity index (χ2v) is 13.9. The smallest absolute Gasteiger partial charge is 0.335 e. The summed E-state index contributed by atoms with van der Waals surface area (Å²) in [7, 11) is 0. The van der Waals surface area contributed by atoms with Crippen molar-refractivity contribution < 1.29 is 53.4 Å². The van der Waals surface area contributed by atoms with Gasteiger partial charge >= 0.3 is 5.97 Å². The number of primary amides is 1. The minimum absolute atomic E-state index is 0. The monoisotopic (exact) mass is 864 g/mol. The number of carboxylic acids is 1. The summed E-state index contributed by atoms with van der Waals surface area (Å²) >= 11 is 0. The lowest BCUT2D eigenvalue weighted by Gasteiger charge is -2.23. The van der Waals surface area contributed by atoms with E-state index in [1.807, 2.05) is 0 Å². The molecule has 0 heterocycles. The van der Waals surface area contributed by atoms with Gasteiger partial charge in [0.25, 0.3) is 23.4 Å². The van der Waals surface area contributed by atoms with Gasteiger partial charge in [0.05, 0.1) is 29.1 Å². The van der Waals surface area contributed by atoms with Crippen LogP contribution in [0.2, 0.25) is 0 Å². The van der Waals surface area contributed by atoms with E-state index >= 15 is 0 Å². The standard InChI is InChI=1S/C44H39N5O12.2H3N/c1-24(2)61-40-30(13-20-34(39(40)53)43(56)47-32-16-9-29(10-17-32)44(57)58)22-36(50)26-5-3-25(4-6-26)21-37(51)35(23-38(45)52)48-42(55)27-7-14-31(15-8-27)46-41(54)28-11-18-33(19-12-28)49(59)60;;/h3-20,24,35,53H,21-23H2,1-2H3,(H2,45,52)(H,46,54)(H,47,56)(H,48,55)(H,57,58);2*1H3/p+1/t35-;;/m0../s1. The molecule has 0 aliphatic carbocycles. The molecule has 0 aromatic heterocycles. The first kappa shape index (κ1) is 49.1. The first-order valence-corrected chi connectivity index (χ1v) is 18.5. The van der Waals surface area contributed by atoms with Crippen molar-refractivity contribution >= 4 is 58.2 Å². The number of rotatable bonds is 18. The van der Waals surface area contributed by atoms with Crippen molar-refractivity contribution in [3.63, 3.8) is 0 Å². The average molecular weight is 865 g/mol. The number of nitro benzene ring substituents is 1. The number of carbonyl (C=O) groups excluding carboxylic acids is 6. The maximum atomic E-state index is 13.5. The Morgan fingerprint density at radius 2 is 1.19 bits per heavy atom. The molecule has 0 radical (unpaired) electrons. The quantitative estimate of drug-likeness (QED) is 0.0320. The third kappa shape index (κ3) is 13.1. The first-order valence-electron chi connectivity index (χ1n) is 18.5. The maximum Gasteiger partial charge on any atom is 0.335 e. The van der Waals surface area contributed by atoms with Crippen LogP contribution in [-0.4, -0.2) is 63.3 Å². The molecule has 19 heteroatoms. The molecule has 0 saturated heterocycles. The molecular weight excluding hydrogens is 819 g/mol. The van der Waals surface area contributed by atoms with Crippen molar-refractivity contribution in [1.29, 1.82) is 0 Å². The molecule has 0 unspecified atom stereocenters. The summed E-state index contributed by atoms with van der Waals surface area (Å²) in [5.41, 5.74) is 6.75. The number of Topliss-reactive ketones (excluding diaryl/α,β-unsaturated/α-hetero) is 2. The Balaban J connectivity index is 0.00000528. The van der Waals surface area contributed by atoms with Gasteiger partial charge in [0.1, 0.15) is 5.75 Å². The van der Waals surface area contributed by atoms with Crippen molar-refractivity contribution in [1.82, 2.24) is 17.6 Å². The predicted octanol–water partition coefficient (Wildman–Crippen LogP) is 5.62. The lowest BCUT2D eigenvalue weighted by Crippen LogP contribution is -2.44. The molecule has 1 atom stereocenters.